The fraction of sp³-hybridized carbons (Fsp3) is 0.391. The molecule has 0 atom stereocenters. The van der Waals surface area contributed by atoms with Crippen LogP contribution in [0.1, 0.15) is 35.1 Å². The first-order chi connectivity index (χ1) is 15.1. The van der Waals surface area contributed by atoms with E-state index in [-0.39, 0.29) is 10.8 Å². The Morgan fingerprint density at radius 2 is 1.81 bits per heavy atom. The highest BCUT2D eigenvalue weighted by molar-refractivity contribution is 7.89. The van der Waals surface area contributed by atoms with Crippen LogP contribution >= 0.6 is 0 Å². The highest BCUT2D eigenvalue weighted by atomic mass is 32.2. The zero-order chi connectivity index (χ0) is 23.6. The number of aromatic nitrogens is 2. The van der Waals surface area contributed by atoms with Crippen LogP contribution in [-0.4, -0.2) is 61.3 Å². The second-order valence-corrected chi connectivity index (χ2v) is 10.4. The Labute approximate surface area is 189 Å². The number of carbonyl (C=O) groups excluding carboxylic acids is 1. The third kappa shape index (κ3) is 4.63. The summed E-state index contributed by atoms with van der Waals surface area (Å²) in [6, 6.07) is 10.7. The van der Waals surface area contributed by atoms with Crippen molar-refractivity contribution in [2.75, 3.05) is 33.5 Å². The van der Waals surface area contributed by atoms with Crippen LogP contribution in [0.4, 0.5) is 5.69 Å². The lowest BCUT2D eigenvalue weighted by Crippen LogP contribution is -2.22. The SMILES string of the molecule is CCCn1c(CNc2cc(C(=O)N(C)C)ccc2C)nc2cc(S(=O)(=O)N(C)C)ccc21. The Bertz CT molecular complexity index is 1250. The molecule has 0 aliphatic heterocycles. The predicted molar refractivity (Wildman–Crippen MR) is 127 cm³/mol. The Kier molecular flexibility index (Phi) is 6.90. The van der Waals surface area contributed by atoms with Gasteiger partial charge in [0.05, 0.1) is 22.5 Å². The van der Waals surface area contributed by atoms with E-state index >= 15 is 0 Å². The van der Waals surface area contributed by atoms with Gasteiger partial charge in [0.15, 0.2) is 0 Å². The lowest BCUT2D eigenvalue weighted by Gasteiger charge is -2.15. The first kappa shape index (κ1) is 23.7. The first-order valence-corrected chi connectivity index (χ1v) is 12.0. The number of hydrogen-bond donors (Lipinski definition) is 1. The smallest absolute Gasteiger partial charge is 0.253 e. The molecule has 0 saturated heterocycles. The third-order valence-electron chi connectivity index (χ3n) is 5.35. The highest BCUT2D eigenvalue weighted by Gasteiger charge is 2.20. The maximum Gasteiger partial charge on any atom is 0.253 e. The number of hydrogen-bond acceptors (Lipinski definition) is 5. The van der Waals surface area contributed by atoms with E-state index in [0.717, 1.165) is 35.6 Å². The number of fused-ring (bicyclic) bond motifs is 1. The van der Waals surface area contributed by atoms with Gasteiger partial charge in [0, 0.05) is 46.0 Å². The van der Waals surface area contributed by atoms with Gasteiger partial charge in [-0.25, -0.2) is 17.7 Å². The lowest BCUT2D eigenvalue weighted by molar-refractivity contribution is 0.0827. The van der Waals surface area contributed by atoms with Crippen molar-refractivity contribution in [3.8, 4) is 0 Å². The normalized spacial score (nSPS) is 11.8. The van der Waals surface area contributed by atoms with Crippen LogP contribution in [0.25, 0.3) is 11.0 Å². The number of nitrogens with zero attached hydrogens (tertiary/aromatic N) is 4. The number of carbonyl (C=O) groups is 1. The molecule has 3 rings (SSSR count). The van der Waals surface area contributed by atoms with Crippen LogP contribution in [-0.2, 0) is 23.1 Å². The molecule has 8 nitrogen and oxygen atoms in total. The van der Waals surface area contributed by atoms with Crippen molar-refractivity contribution < 1.29 is 13.2 Å². The van der Waals surface area contributed by atoms with Crippen LogP contribution in [0, 0.1) is 6.92 Å². The van der Waals surface area contributed by atoms with Crippen LogP contribution < -0.4 is 5.32 Å². The average molecular weight is 458 g/mol. The number of aryl methyl sites for hydroxylation is 2. The van der Waals surface area contributed by atoms with Gasteiger partial charge in [-0.15, -0.1) is 0 Å². The molecule has 32 heavy (non-hydrogen) atoms. The van der Waals surface area contributed by atoms with Crippen molar-refractivity contribution in [2.24, 2.45) is 0 Å². The molecule has 1 N–H and O–H groups in total. The molecule has 0 bridgehead atoms. The number of anilines is 1. The minimum absolute atomic E-state index is 0.0547. The summed E-state index contributed by atoms with van der Waals surface area (Å²) in [6.45, 7) is 5.30. The van der Waals surface area contributed by atoms with Crippen LogP contribution in [0.2, 0.25) is 0 Å². The Morgan fingerprint density at radius 3 is 2.44 bits per heavy atom. The summed E-state index contributed by atoms with van der Waals surface area (Å²) in [6.07, 6.45) is 0.919. The molecule has 9 heteroatoms. The third-order valence-corrected chi connectivity index (χ3v) is 7.16. The molecule has 1 aromatic heterocycles. The predicted octanol–water partition coefficient (Wildman–Crippen LogP) is 3.32. The fourth-order valence-corrected chi connectivity index (χ4v) is 4.44. The van der Waals surface area contributed by atoms with E-state index < -0.39 is 10.0 Å². The van der Waals surface area contributed by atoms with Gasteiger partial charge in [0.1, 0.15) is 5.82 Å². The van der Waals surface area contributed by atoms with E-state index in [9.17, 15) is 13.2 Å². The number of amides is 1. The minimum Gasteiger partial charge on any atom is -0.378 e. The van der Waals surface area contributed by atoms with Crippen molar-refractivity contribution in [1.29, 1.82) is 0 Å². The van der Waals surface area contributed by atoms with Gasteiger partial charge in [0.25, 0.3) is 5.91 Å². The van der Waals surface area contributed by atoms with Crippen LogP contribution in [0.15, 0.2) is 41.3 Å². The van der Waals surface area contributed by atoms with E-state index in [4.69, 9.17) is 4.98 Å². The Morgan fingerprint density at radius 1 is 1.09 bits per heavy atom. The highest BCUT2D eigenvalue weighted by Crippen LogP contribution is 2.24. The van der Waals surface area contributed by atoms with Gasteiger partial charge in [-0.05, 0) is 49.2 Å². The molecule has 0 saturated carbocycles. The van der Waals surface area contributed by atoms with Gasteiger partial charge < -0.3 is 14.8 Å². The number of benzene rings is 2. The maximum absolute atomic E-state index is 12.5. The van der Waals surface area contributed by atoms with Crippen molar-refractivity contribution in [3.63, 3.8) is 0 Å². The molecule has 172 valence electrons. The van der Waals surface area contributed by atoms with E-state index in [1.54, 1.807) is 31.1 Å². The molecule has 1 amide bonds. The number of nitrogens with one attached hydrogen (secondary N) is 1. The zero-order valence-electron chi connectivity index (χ0n) is 19.5. The number of rotatable bonds is 8. The average Bonchev–Trinajstić information content (AvgIpc) is 3.09. The zero-order valence-corrected chi connectivity index (χ0v) is 20.3. The quantitative estimate of drug-likeness (QED) is 0.561. The van der Waals surface area contributed by atoms with E-state index in [2.05, 4.69) is 16.8 Å². The fourth-order valence-electron chi connectivity index (χ4n) is 3.52. The summed E-state index contributed by atoms with van der Waals surface area (Å²) in [5.74, 6) is 0.755. The van der Waals surface area contributed by atoms with E-state index in [0.29, 0.717) is 17.6 Å². The molecular formula is C23H31N5O3S. The second kappa shape index (κ2) is 9.30. The van der Waals surface area contributed by atoms with Crippen molar-refractivity contribution in [1.82, 2.24) is 18.8 Å². The number of imidazole rings is 1. The number of sulfonamides is 1. The monoisotopic (exact) mass is 457 g/mol. The Hall–Kier alpha value is -2.91. The molecule has 3 aromatic rings. The van der Waals surface area contributed by atoms with Gasteiger partial charge >= 0.3 is 0 Å². The lowest BCUT2D eigenvalue weighted by atomic mass is 10.1. The maximum atomic E-state index is 12.5. The molecule has 0 fully saturated rings. The Balaban J connectivity index is 1.96. The molecule has 0 aliphatic carbocycles. The van der Waals surface area contributed by atoms with Crippen molar-refractivity contribution in [3.05, 3.63) is 53.3 Å². The van der Waals surface area contributed by atoms with Crippen LogP contribution in [0.3, 0.4) is 0 Å². The van der Waals surface area contributed by atoms with Crippen molar-refractivity contribution >= 4 is 32.7 Å². The minimum atomic E-state index is -3.53. The summed E-state index contributed by atoms with van der Waals surface area (Å²) in [7, 11) is 2.96. The van der Waals surface area contributed by atoms with E-state index in [1.165, 1.54) is 18.4 Å². The van der Waals surface area contributed by atoms with E-state index in [1.807, 2.05) is 31.2 Å². The summed E-state index contributed by atoms with van der Waals surface area (Å²) in [4.78, 5) is 18.8. The summed E-state index contributed by atoms with van der Waals surface area (Å²) in [5, 5.41) is 3.41. The molecule has 0 radical (unpaired) electrons. The molecule has 1 heterocycles. The van der Waals surface area contributed by atoms with Crippen molar-refractivity contribution in [2.45, 2.75) is 38.3 Å². The largest absolute Gasteiger partial charge is 0.378 e. The molecule has 2 aromatic carbocycles. The van der Waals surface area contributed by atoms with Crippen LogP contribution in [0.5, 0.6) is 0 Å². The standard InChI is InChI=1S/C23H31N5O3S/c1-7-12-28-21-11-10-18(32(30,31)27(5)6)14-20(21)25-22(28)15-24-19-13-17(9-8-16(19)2)23(29)26(3)4/h8-11,13-14,24H,7,12,15H2,1-6H3. The molecule has 0 spiro atoms. The molecular weight excluding hydrogens is 426 g/mol. The van der Waals surface area contributed by atoms with Gasteiger partial charge in [-0.2, -0.15) is 0 Å². The van der Waals surface area contributed by atoms with Gasteiger partial charge in [-0.3, -0.25) is 4.79 Å². The second-order valence-electron chi connectivity index (χ2n) is 8.20. The topological polar surface area (TPSA) is 87.5 Å². The molecule has 0 unspecified atom stereocenters. The first-order valence-electron chi connectivity index (χ1n) is 10.5. The van der Waals surface area contributed by atoms with Gasteiger partial charge in [0.2, 0.25) is 10.0 Å². The summed E-state index contributed by atoms with van der Waals surface area (Å²) < 4.78 is 28.4. The summed E-state index contributed by atoms with van der Waals surface area (Å²) >= 11 is 0. The van der Waals surface area contributed by atoms with Gasteiger partial charge in [-0.1, -0.05) is 13.0 Å². The molecule has 0 aliphatic rings. The summed E-state index contributed by atoms with van der Waals surface area (Å²) in [5.41, 5.74) is 4.05.